The summed E-state index contributed by atoms with van der Waals surface area (Å²) in [4.78, 5) is 12.1. The van der Waals surface area contributed by atoms with E-state index in [0.29, 0.717) is 12.2 Å². The summed E-state index contributed by atoms with van der Waals surface area (Å²) in [5, 5.41) is 12.4. The fourth-order valence-electron chi connectivity index (χ4n) is 1.66. The molecule has 4 nitrogen and oxygen atoms in total. The molecule has 1 amide bonds. The van der Waals surface area contributed by atoms with Gasteiger partial charge in [-0.3, -0.25) is 4.79 Å². The highest BCUT2D eigenvalue weighted by molar-refractivity contribution is 9.10. The Morgan fingerprint density at radius 2 is 2.05 bits per heavy atom. The van der Waals surface area contributed by atoms with Gasteiger partial charge < -0.3 is 16.2 Å². The molecule has 0 aliphatic heterocycles. The van der Waals surface area contributed by atoms with E-state index in [1.165, 1.54) is 6.07 Å². The maximum atomic E-state index is 12.1. The number of nitrogens with one attached hydrogen (secondary N) is 1. The highest BCUT2D eigenvalue weighted by atomic mass is 79.9. The average Bonchev–Trinajstić information content (AvgIpc) is 2.41. The van der Waals surface area contributed by atoms with Crippen molar-refractivity contribution in [2.45, 2.75) is 6.54 Å². The van der Waals surface area contributed by atoms with Gasteiger partial charge >= 0.3 is 0 Å². The molecule has 0 spiro atoms. The number of aromatic hydroxyl groups is 1. The highest BCUT2D eigenvalue weighted by Gasteiger charge is 2.11. The molecule has 98 valence electrons. The van der Waals surface area contributed by atoms with Gasteiger partial charge in [0.15, 0.2) is 0 Å². The van der Waals surface area contributed by atoms with Gasteiger partial charge in [0.1, 0.15) is 5.75 Å². The molecule has 0 radical (unpaired) electrons. The van der Waals surface area contributed by atoms with Gasteiger partial charge in [-0.25, -0.2) is 0 Å². The maximum Gasteiger partial charge on any atom is 0.259 e. The Morgan fingerprint density at radius 3 is 2.79 bits per heavy atom. The first-order valence-corrected chi connectivity index (χ1v) is 6.48. The predicted molar refractivity (Wildman–Crippen MR) is 78.1 cm³/mol. The quantitative estimate of drug-likeness (QED) is 0.814. The summed E-state index contributed by atoms with van der Waals surface area (Å²) in [6.07, 6.45) is 0. The molecule has 0 aromatic heterocycles. The third kappa shape index (κ3) is 3.33. The van der Waals surface area contributed by atoms with Crippen LogP contribution in [0.3, 0.4) is 0 Å². The fourth-order valence-corrected chi connectivity index (χ4v) is 2.03. The maximum absolute atomic E-state index is 12.1. The minimum Gasteiger partial charge on any atom is -0.507 e. The SMILES string of the molecule is NCc1cccc(NC(=O)c2cc(Br)ccc2O)c1. The second-order valence-electron chi connectivity index (χ2n) is 4.02. The van der Waals surface area contributed by atoms with E-state index in [0.717, 1.165) is 10.0 Å². The van der Waals surface area contributed by atoms with Crippen molar-refractivity contribution >= 4 is 27.5 Å². The number of amides is 1. The number of phenolic OH excluding ortho intramolecular Hbond substituents is 1. The van der Waals surface area contributed by atoms with Crippen LogP contribution in [0.15, 0.2) is 46.9 Å². The van der Waals surface area contributed by atoms with Crippen LogP contribution in [0.2, 0.25) is 0 Å². The second kappa shape index (κ2) is 5.86. The van der Waals surface area contributed by atoms with E-state index in [4.69, 9.17) is 5.73 Å². The van der Waals surface area contributed by atoms with Crippen LogP contribution >= 0.6 is 15.9 Å². The molecule has 0 bridgehead atoms. The van der Waals surface area contributed by atoms with Crippen LogP contribution in [0.25, 0.3) is 0 Å². The average molecular weight is 321 g/mol. The van der Waals surface area contributed by atoms with Crippen LogP contribution in [0.4, 0.5) is 5.69 Å². The van der Waals surface area contributed by atoms with Gasteiger partial charge in [-0.2, -0.15) is 0 Å². The standard InChI is InChI=1S/C14H13BrN2O2/c15-10-4-5-13(18)12(7-10)14(19)17-11-3-1-2-9(6-11)8-16/h1-7,18H,8,16H2,(H,17,19). The second-order valence-corrected chi connectivity index (χ2v) is 4.94. The van der Waals surface area contributed by atoms with Gasteiger partial charge in [0.05, 0.1) is 5.56 Å². The van der Waals surface area contributed by atoms with Crippen LogP contribution in [-0.4, -0.2) is 11.0 Å². The van der Waals surface area contributed by atoms with Gasteiger partial charge in [-0.05, 0) is 35.9 Å². The third-order valence-corrected chi connectivity index (χ3v) is 3.12. The number of nitrogens with two attached hydrogens (primary N) is 1. The summed E-state index contributed by atoms with van der Waals surface area (Å²) in [5.74, 6) is -0.427. The molecule has 0 fully saturated rings. The summed E-state index contributed by atoms with van der Waals surface area (Å²) >= 11 is 3.27. The summed E-state index contributed by atoms with van der Waals surface area (Å²) in [5.41, 5.74) is 7.33. The number of benzene rings is 2. The fraction of sp³-hybridized carbons (Fsp3) is 0.0714. The molecule has 19 heavy (non-hydrogen) atoms. The Morgan fingerprint density at radius 1 is 1.26 bits per heavy atom. The van der Waals surface area contributed by atoms with Gasteiger partial charge in [-0.15, -0.1) is 0 Å². The van der Waals surface area contributed by atoms with Gasteiger partial charge in [0.25, 0.3) is 5.91 Å². The molecular weight excluding hydrogens is 308 g/mol. The lowest BCUT2D eigenvalue weighted by molar-refractivity contribution is 0.102. The van der Waals surface area contributed by atoms with Gasteiger partial charge in [0, 0.05) is 16.7 Å². The van der Waals surface area contributed by atoms with Gasteiger partial charge in [-0.1, -0.05) is 28.1 Å². The minimum atomic E-state index is -0.368. The minimum absolute atomic E-state index is 0.0596. The van der Waals surface area contributed by atoms with Crippen molar-refractivity contribution < 1.29 is 9.90 Å². The Hall–Kier alpha value is -1.85. The lowest BCUT2D eigenvalue weighted by Crippen LogP contribution is -2.12. The van der Waals surface area contributed by atoms with Crippen LogP contribution in [0.1, 0.15) is 15.9 Å². The van der Waals surface area contributed by atoms with Crippen molar-refractivity contribution in [1.82, 2.24) is 0 Å². The number of phenols is 1. The van der Waals surface area contributed by atoms with E-state index in [-0.39, 0.29) is 17.2 Å². The summed E-state index contributed by atoms with van der Waals surface area (Å²) in [6.45, 7) is 0.409. The van der Waals surface area contributed by atoms with E-state index in [2.05, 4.69) is 21.2 Å². The number of anilines is 1. The molecule has 0 heterocycles. The lowest BCUT2D eigenvalue weighted by Gasteiger charge is -2.08. The smallest absolute Gasteiger partial charge is 0.259 e. The van der Waals surface area contributed by atoms with E-state index in [1.807, 2.05) is 12.1 Å². The molecule has 0 atom stereocenters. The van der Waals surface area contributed by atoms with Crippen molar-refractivity contribution in [2.75, 3.05) is 5.32 Å². The zero-order chi connectivity index (χ0) is 13.8. The van der Waals surface area contributed by atoms with Crippen molar-refractivity contribution in [3.8, 4) is 5.75 Å². The third-order valence-electron chi connectivity index (χ3n) is 2.62. The normalized spacial score (nSPS) is 10.2. The van der Waals surface area contributed by atoms with E-state index >= 15 is 0 Å². The molecule has 4 N–H and O–H groups in total. The molecule has 0 aliphatic carbocycles. The monoisotopic (exact) mass is 320 g/mol. The van der Waals surface area contributed by atoms with Crippen molar-refractivity contribution in [2.24, 2.45) is 5.73 Å². The lowest BCUT2D eigenvalue weighted by atomic mass is 10.1. The van der Waals surface area contributed by atoms with Crippen molar-refractivity contribution in [3.05, 3.63) is 58.1 Å². The molecule has 0 aliphatic rings. The summed E-state index contributed by atoms with van der Waals surface area (Å²) in [6, 6.07) is 12.0. The first kappa shape index (κ1) is 13.6. The Bertz CT molecular complexity index is 614. The van der Waals surface area contributed by atoms with Crippen molar-refractivity contribution in [1.29, 1.82) is 0 Å². The number of carbonyl (C=O) groups is 1. The van der Waals surface area contributed by atoms with E-state index in [1.54, 1.807) is 24.3 Å². The number of halogens is 1. The zero-order valence-corrected chi connectivity index (χ0v) is 11.6. The highest BCUT2D eigenvalue weighted by Crippen LogP contribution is 2.23. The molecule has 2 aromatic rings. The predicted octanol–water partition coefficient (Wildman–Crippen LogP) is 2.87. The van der Waals surface area contributed by atoms with Crippen LogP contribution < -0.4 is 11.1 Å². The Labute approximate surface area is 119 Å². The van der Waals surface area contributed by atoms with Crippen molar-refractivity contribution in [3.63, 3.8) is 0 Å². The number of hydrogen-bond acceptors (Lipinski definition) is 3. The summed E-state index contributed by atoms with van der Waals surface area (Å²) in [7, 11) is 0. The molecule has 0 saturated carbocycles. The van der Waals surface area contributed by atoms with E-state index in [9.17, 15) is 9.90 Å². The van der Waals surface area contributed by atoms with Crippen LogP contribution in [-0.2, 0) is 6.54 Å². The largest absolute Gasteiger partial charge is 0.507 e. The number of hydrogen-bond donors (Lipinski definition) is 3. The van der Waals surface area contributed by atoms with Gasteiger partial charge in [0.2, 0.25) is 0 Å². The Kier molecular flexibility index (Phi) is 4.19. The first-order valence-electron chi connectivity index (χ1n) is 5.69. The molecule has 0 unspecified atom stereocenters. The Balaban J connectivity index is 2.23. The van der Waals surface area contributed by atoms with Crippen LogP contribution in [0, 0.1) is 0 Å². The molecule has 0 saturated heterocycles. The zero-order valence-electron chi connectivity index (χ0n) is 10.1. The number of carbonyl (C=O) groups excluding carboxylic acids is 1. The first-order chi connectivity index (χ1) is 9.10. The van der Waals surface area contributed by atoms with E-state index < -0.39 is 0 Å². The van der Waals surface area contributed by atoms with Crippen LogP contribution in [0.5, 0.6) is 5.75 Å². The molecule has 2 rings (SSSR count). The number of rotatable bonds is 3. The molecular formula is C14H13BrN2O2. The molecule has 5 heteroatoms. The summed E-state index contributed by atoms with van der Waals surface area (Å²) < 4.78 is 0.728. The molecule has 2 aromatic carbocycles. The topological polar surface area (TPSA) is 75.3 Å².